The van der Waals surface area contributed by atoms with Crippen molar-refractivity contribution in [1.29, 1.82) is 0 Å². The maximum atomic E-state index is 12.8. The van der Waals surface area contributed by atoms with Gasteiger partial charge in [-0.3, -0.25) is 9.59 Å². The molecule has 7 rings (SSSR count). The van der Waals surface area contributed by atoms with E-state index < -0.39 is 0 Å². The van der Waals surface area contributed by atoms with Gasteiger partial charge in [0.25, 0.3) is 0 Å². The topological polar surface area (TPSA) is 34.1 Å². The number of rotatable bonds is 0. The second-order valence-corrected chi connectivity index (χ2v) is 7.11. The molecule has 90 valence electrons. The summed E-state index contributed by atoms with van der Waals surface area (Å²) in [4.78, 5) is 25.6. The summed E-state index contributed by atoms with van der Waals surface area (Å²) in [6, 6.07) is 0. The SMILES string of the molecule is O=C1CCC(=O)C23[C@@H]4C=C[C@@H]5C4C4[C@H](C=C[C@@H]42)C153. The zero-order valence-electron chi connectivity index (χ0n) is 10.0. The number of hydrogen-bond acceptors (Lipinski definition) is 2. The highest BCUT2D eigenvalue weighted by Gasteiger charge is 2.92. The van der Waals surface area contributed by atoms with E-state index in [1.54, 1.807) is 0 Å². The Morgan fingerprint density at radius 2 is 1.06 bits per heavy atom. The summed E-state index contributed by atoms with van der Waals surface area (Å²) in [7, 11) is 0. The van der Waals surface area contributed by atoms with Crippen LogP contribution >= 0.6 is 0 Å². The number of hydrogen-bond donors (Lipinski definition) is 0. The molecule has 0 N–H and O–H groups in total. The summed E-state index contributed by atoms with van der Waals surface area (Å²) in [6.07, 6.45) is 10.2. The van der Waals surface area contributed by atoms with E-state index in [-0.39, 0.29) is 10.8 Å². The molecule has 7 aliphatic rings. The first-order valence-corrected chi connectivity index (χ1v) is 7.19. The van der Waals surface area contributed by atoms with E-state index in [9.17, 15) is 9.59 Å². The van der Waals surface area contributed by atoms with E-state index in [0.29, 0.717) is 59.9 Å². The maximum absolute atomic E-state index is 12.8. The van der Waals surface area contributed by atoms with Crippen molar-refractivity contribution in [1.82, 2.24) is 0 Å². The lowest BCUT2D eigenvalue weighted by molar-refractivity contribution is -0.159. The van der Waals surface area contributed by atoms with Crippen LogP contribution in [0.3, 0.4) is 0 Å². The minimum atomic E-state index is -0.281. The molecule has 0 aliphatic heterocycles. The van der Waals surface area contributed by atoms with Crippen LogP contribution in [0.1, 0.15) is 12.8 Å². The van der Waals surface area contributed by atoms with Crippen molar-refractivity contribution in [2.75, 3.05) is 0 Å². The van der Waals surface area contributed by atoms with Gasteiger partial charge < -0.3 is 0 Å². The van der Waals surface area contributed by atoms with Gasteiger partial charge in [0.15, 0.2) is 0 Å². The molecule has 2 unspecified atom stereocenters. The van der Waals surface area contributed by atoms with Crippen molar-refractivity contribution in [2.24, 2.45) is 46.3 Å². The van der Waals surface area contributed by atoms with Gasteiger partial charge in [-0.15, -0.1) is 0 Å². The molecular formula is C16H14O2. The summed E-state index contributed by atoms with van der Waals surface area (Å²) in [5.41, 5.74) is -0.562. The molecule has 2 heteroatoms. The van der Waals surface area contributed by atoms with Crippen LogP contribution in [0.25, 0.3) is 0 Å². The number of carbonyl (C=O) groups excluding carboxylic acids is 2. The lowest BCUT2D eigenvalue weighted by atomic mass is 9.47. The average molecular weight is 238 g/mol. The third-order valence-electron chi connectivity index (χ3n) is 7.44. The quantitative estimate of drug-likeness (QED) is 0.603. The highest BCUT2D eigenvalue weighted by atomic mass is 16.1. The molecule has 7 aliphatic carbocycles. The smallest absolute Gasteiger partial charge is 0.141 e. The van der Waals surface area contributed by atoms with Crippen molar-refractivity contribution in [3.63, 3.8) is 0 Å². The standard InChI is InChI=1S/C16H14O2/c17-11-5-6-12(18)16-8-2-1-7-13(8)14-9(15(7,11)16)3-4-10(14)16/h1-4,7-10,13-14H,5-6H2/t7-,8-,9+,10+,13?,14?,15?,16?. The monoisotopic (exact) mass is 238 g/mol. The Balaban J connectivity index is 1.82. The van der Waals surface area contributed by atoms with Crippen LogP contribution in [0, 0.1) is 46.3 Å². The Bertz CT molecular complexity index is 529. The van der Waals surface area contributed by atoms with Crippen LogP contribution < -0.4 is 0 Å². The Morgan fingerprint density at radius 3 is 1.39 bits per heavy atom. The van der Waals surface area contributed by atoms with Gasteiger partial charge in [-0.1, -0.05) is 24.3 Å². The zero-order valence-corrected chi connectivity index (χ0v) is 10.0. The minimum absolute atomic E-state index is 0.281. The van der Waals surface area contributed by atoms with Crippen LogP contribution in [0.4, 0.5) is 0 Å². The van der Waals surface area contributed by atoms with Gasteiger partial charge in [0, 0.05) is 12.8 Å². The van der Waals surface area contributed by atoms with Gasteiger partial charge in [0.05, 0.1) is 10.8 Å². The Hall–Kier alpha value is -1.18. The van der Waals surface area contributed by atoms with Gasteiger partial charge in [-0.25, -0.2) is 0 Å². The molecule has 0 radical (unpaired) electrons. The maximum Gasteiger partial charge on any atom is 0.141 e. The van der Waals surface area contributed by atoms with E-state index in [1.807, 2.05) is 0 Å². The Kier molecular flexibility index (Phi) is 1.02. The first-order chi connectivity index (χ1) is 8.75. The molecule has 0 aromatic carbocycles. The van der Waals surface area contributed by atoms with Gasteiger partial charge in [-0.2, -0.15) is 0 Å². The number of Topliss-reactive ketones (excluding diaryl/α,β-unsaturated/α-hetero) is 2. The second kappa shape index (κ2) is 2.09. The Morgan fingerprint density at radius 1 is 0.722 bits per heavy atom. The van der Waals surface area contributed by atoms with Crippen LogP contribution in [0.2, 0.25) is 0 Å². The molecule has 6 atom stereocenters. The second-order valence-electron chi connectivity index (χ2n) is 7.11. The van der Waals surface area contributed by atoms with Crippen LogP contribution in [0.15, 0.2) is 24.3 Å². The summed E-state index contributed by atoms with van der Waals surface area (Å²) in [5.74, 6) is 3.66. The van der Waals surface area contributed by atoms with Crippen LogP contribution in [-0.2, 0) is 9.59 Å². The molecule has 2 nitrogen and oxygen atoms in total. The fourth-order valence-corrected chi connectivity index (χ4v) is 7.61. The molecule has 0 aromatic rings. The van der Waals surface area contributed by atoms with E-state index in [1.165, 1.54) is 0 Å². The fourth-order valence-electron chi connectivity index (χ4n) is 7.61. The largest absolute Gasteiger partial charge is 0.299 e. The highest BCUT2D eigenvalue weighted by Crippen LogP contribution is 2.90. The summed E-state index contributed by atoms with van der Waals surface area (Å²) in [6.45, 7) is 0. The first kappa shape index (κ1) is 8.84. The Labute approximate surface area is 105 Å². The molecule has 0 heterocycles. The van der Waals surface area contributed by atoms with Gasteiger partial charge in [0.2, 0.25) is 0 Å². The predicted molar refractivity (Wildman–Crippen MR) is 63.3 cm³/mol. The highest BCUT2D eigenvalue weighted by molar-refractivity contribution is 6.06. The predicted octanol–water partition coefficient (Wildman–Crippen LogP) is 1.77. The van der Waals surface area contributed by atoms with E-state index in [0.717, 1.165) is 0 Å². The van der Waals surface area contributed by atoms with Crippen molar-refractivity contribution in [3.8, 4) is 0 Å². The van der Waals surface area contributed by atoms with Gasteiger partial charge in [0.1, 0.15) is 11.6 Å². The zero-order chi connectivity index (χ0) is 11.9. The van der Waals surface area contributed by atoms with Gasteiger partial charge in [-0.05, 0) is 35.5 Å². The molecule has 18 heavy (non-hydrogen) atoms. The third kappa shape index (κ3) is 0.456. The van der Waals surface area contributed by atoms with Crippen LogP contribution in [-0.4, -0.2) is 11.6 Å². The van der Waals surface area contributed by atoms with E-state index in [4.69, 9.17) is 0 Å². The molecule has 8 bridgehead atoms. The average Bonchev–Trinajstić information content (AvgIpc) is 3.09. The molecule has 5 fully saturated rings. The summed E-state index contributed by atoms with van der Waals surface area (Å²) in [5, 5.41) is 0. The fraction of sp³-hybridized carbons (Fsp3) is 0.625. The lowest BCUT2D eigenvalue weighted by Crippen LogP contribution is -2.60. The molecular weight excluding hydrogens is 224 g/mol. The number of allylic oxidation sites excluding steroid dienone is 4. The molecule has 0 amide bonds. The van der Waals surface area contributed by atoms with Crippen molar-refractivity contribution in [2.45, 2.75) is 12.8 Å². The number of ketones is 2. The normalized spacial score (nSPS) is 67.8. The first-order valence-electron chi connectivity index (χ1n) is 7.19. The van der Waals surface area contributed by atoms with Crippen molar-refractivity contribution >= 4 is 11.6 Å². The van der Waals surface area contributed by atoms with Gasteiger partial charge >= 0.3 is 0 Å². The lowest BCUT2D eigenvalue weighted by Gasteiger charge is -2.53. The van der Waals surface area contributed by atoms with Crippen LogP contribution in [0.5, 0.6) is 0 Å². The van der Waals surface area contributed by atoms with E-state index in [2.05, 4.69) is 24.3 Å². The molecule has 2 spiro atoms. The third-order valence-corrected chi connectivity index (χ3v) is 7.44. The summed E-state index contributed by atoms with van der Waals surface area (Å²) >= 11 is 0. The summed E-state index contributed by atoms with van der Waals surface area (Å²) < 4.78 is 0. The number of carbonyl (C=O) groups is 2. The molecule has 5 saturated carbocycles. The molecule has 0 aromatic heterocycles. The van der Waals surface area contributed by atoms with Crippen molar-refractivity contribution < 1.29 is 9.59 Å². The van der Waals surface area contributed by atoms with Crippen molar-refractivity contribution in [3.05, 3.63) is 24.3 Å². The van der Waals surface area contributed by atoms with E-state index >= 15 is 0 Å². The minimum Gasteiger partial charge on any atom is -0.299 e. The molecule has 0 saturated heterocycles.